The quantitative estimate of drug-likeness (QED) is 0.0942. The molecule has 6 atom stereocenters. The maximum absolute atomic E-state index is 12.6. The van der Waals surface area contributed by atoms with E-state index in [-0.39, 0.29) is 5.82 Å². The number of aliphatic hydroxyl groups is 4. The number of unbranched alkanes of at least 4 members (excludes halogenated alkanes) is 8. The molecule has 0 spiro atoms. The molecule has 228 valence electrons. The highest BCUT2D eigenvalue weighted by Gasteiger charge is 2.48. The minimum atomic E-state index is -1.60. The molecule has 0 bridgehead atoms. The number of aromatic nitrogens is 4. The Morgan fingerprint density at radius 1 is 1.07 bits per heavy atom. The summed E-state index contributed by atoms with van der Waals surface area (Å²) in [5.41, 5.74) is 0.783. The third-order valence-corrected chi connectivity index (χ3v) is 7.00. The third kappa shape index (κ3) is 9.71. The summed E-state index contributed by atoms with van der Waals surface area (Å²) in [6.07, 6.45) is 8.97. The maximum atomic E-state index is 12.6. The number of imidazole rings is 1. The van der Waals surface area contributed by atoms with Gasteiger partial charge in [0.15, 0.2) is 17.7 Å². The van der Waals surface area contributed by atoms with E-state index in [4.69, 9.17) is 4.74 Å². The highest BCUT2D eigenvalue weighted by Crippen LogP contribution is 2.26. The molecule has 1 fully saturated rings. The van der Waals surface area contributed by atoms with E-state index in [1.165, 1.54) is 57.3 Å². The van der Waals surface area contributed by atoms with Gasteiger partial charge in [-0.2, -0.15) is 0 Å². The average molecular weight is 578 g/mol. The Morgan fingerprint density at radius 2 is 1.80 bits per heavy atom. The van der Waals surface area contributed by atoms with Crippen molar-refractivity contribution in [2.45, 2.75) is 101 Å². The van der Waals surface area contributed by atoms with Crippen LogP contribution in [0.15, 0.2) is 24.8 Å². The number of carbonyl (C=O) groups is 2. The second kappa shape index (κ2) is 16.9. The van der Waals surface area contributed by atoms with Crippen molar-refractivity contribution in [3.63, 3.8) is 0 Å². The molecule has 2 aromatic heterocycles. The predicted molar refractivity (Wildman–Crippen MR) is 150 cm³/mol. The first kappa shape index (κ1) is 32.3. The number of hydrogen-bond donors (Lipinski definition) is 8. The standard InChI is InChI=1S/C27H43N7O7/c1-2-3-4-5-6-7-8-9-10-11-12-18(37)28-13-19(38)33-20-22(39)23(40)27(41-24(20)17(36)14-35)34-26-21-25(30-15-29-21)31-16-32-26/h11-12,15-17,20,22-24,27,35-36,39-40H,2-10,13-14H2,1H3,(H,28,37)(H,33,38)(H2,29,30,31,32,34)/b12-11+/t17-,20+,22+,23+,24-,27-/m0/s1. The fraction of sp³-hybridized carbons (Fsp3) is 0.667. The van der Waals surface area contributed by atoms with Crippen LogP contribution < -0.4 is 16.0 Å². The Kier molecular flexibility index (Phi) is 13.4. The minimum Gasteiger partial charge on any atom is -0.394 e. The fourth-order valence-corrected chi connectivity index (χ4v) is 4.70. The lowest BCUT2D eigenvalue weighted by atomic mass is 9.92. The molecule has 8 N–H and O–H groups in total. The van der Waals surface area contributed by atoms with Gasteiger partial charge >= 0.3 is 0 Å². The highest BCUT2D eigenvalue weighted by atomic mass is 16.5. The molecule has 2 amide bonds. The zero-order valence-corrected chi connectivity index (χ0v) is 23.4. The van der Waals surface area contributed by atoms with E-state index >= 15 is 0 Å². The lowest BCUT2D eigenvalue weighted by Crippen LogP contribution is -2.68. The number of carbonyl (C=O) groups excluding carboxylic acids is 2. The second-order valence-electron chi connectivity index (χ2n) is 10.2. The SMILES string of the molecule is CCCCCCCCCC/C=C/C(=O)NCC(=O)N[C@@H]1[C@@H](O)[C@@H](O)[C@@H](Nc2ncnc3nc[nH]c23)O[C@H]1[C@@H](O)CO. The van der Waals surface area contributed by atoms with E-state index in [1.54, 1.807) is 6.08 Å². The van der Waals surface area contributed by atoms with Gasteiger partial charge in [0.25, 0.3) is 0 Å². The molecule has 1 aliphatic heterocycles. The molecule has 14 heteroatoms. The first-order chi connectivity index (χ1) is 19.8. The van der Waals surface area contributed by atoms with Crippen LogP contribution in [0.3, 0.4) is 0 Å². The molecule has 3 rings (SSSR count). The molecule has 0 aliphatic carbocycles. The van der Waals surface area contributed by atoms with E-state index in [9.17, 15) is 30.0 Å². The molecule has 0 saturated carbocycles. The Labute approximate surface area is 239 Å². The van der Waals surface area contributed by atoms with Crippen molar-refractivity contribution in [3.05, 3.63) is 24.8 Å². The molecule has 41 heavy (non-hydrogen) atoms. The van der Waals surface area contributed by atoms with Crippen molar-refractivity contribution in [1.29, 1.82) is 0 Å². The Balaban J connectivity index is 1.46. The van der Waals surface area contributed by atoms with Crippen molar-refractivity contribution < 1.29 is 34.8 Å². The summed E-state index contributed by atoms with van der Waals surface area (Å²) in [7, 11) is 0. The number of anilines is 1. The first-order valence-corrected chi connectivity index (χ1v) is 14.3. The normalized spacial score (nSPS) is 23.5. The van der Waals surface area contributed by atoms with E-state index in [0.29, 0.717) is 11.2 Å². The van der Waals surface area contributed by atoms with Crippen molar-refractivity contribution in [1.82, 2.24) is 30.6 Å². The van der Waals surface area contributed by atoms with Crippen LogP contribution >= 0.6 is 0 Å². The summed E-state index contributed by atoms with van der Waals surface area (Å²) < 4.78 is 5.77. The Bertz CT molecular complexity index is 1110. The van der Waals surface area contributed by atoms with Gasteiger partial charge in [-0.1, -0.05) is 57.9 Å². The van der Waals surface area contributed by atoms with Gasteiger partial charge in [0.05, 0.1) is 25.5 Å². The summed E-state index contributed by atoms with van der Waals surface area (Å²) in [5.74, 6) is -0.890. The summed E-state index contributed by atoms with van der Waals surface area (Å²) in [6.45, 7) is 1.07. The number of aromatic amines is 1. The van der Waals surface area contributed by atoms with E-state index in [0.717, 1.165) is 19.3 Å². The third-order valence-electron chi connectivity index (χ3n) is 7.00. The maximum Gasteiger partial charge on any atom is 0.244 e. The predicted octanol–water partition coefficient (Wildman–Crippen LogP) is 0.253. The van der Waals surface area contributed by atoms with Gasteiger partial charge in [0, 0.05) is 0 Å². The number of nitrogens with zero attached hydrogens (tertiary/aromatic N) is 3. The van der Waals surface area contributed by atoms with Crippen LogP contribution in [0.25, 0.3) is 11.2 Å². The lowest BCUT2D eigenvalue weighted by molar-refractivity contribution is -0.204. The molecule has 0 unspecified atom stereocenters. The van der Waals surface area contributed by atoms with Crippen molar-refractivity contribution in [3.8, 4) is 0 Å². The zero-order valence-electron chi connectivity index (χ0n) is 23.4. The van der Waals surface area contributed by atoms with Crippen LogP contribution in [0.2, 0.25) is 0 Å². The zero-order chi connectivity index (χ0) is 29.6. The van der Waals surface area contributed by atoms with Crippen LogP contribution in [-0.4, -0.2) is 102 Å². The van der Waals surface area contributed by atoms with E-state index in [2.05, 4.69) is 42.8 Å². The number of fused-ring (bicyclic) bond motifs is 1. The number of amides is 2. The second-order valence-corrected chi connectivity index (χ2v) is 10.2. The minimum absolute atomic E-state index is 0.224. The van der Waals surface area contributed by atoms with Gasteiger partial charge in [-0.15, -0.1) is 0 Å². The van der Waals surface area contributed by atoms with Crippen LogP contribution in [0.4, 0.5) is 5.82 Å². The molecule has 2 aromatic rings. The van der Waals surface area contributed by atoms with Crippen LogP contribution in [0.1, 0.15) is 64.7 Å². The van der Waals surface area contributed by atoms with Crippen LogP contribution in [0, 0.1) is 0 Å². The number of aliphatic hydroxyl groups excluding tert-OH is 4. The van der Waals surface area contributed by atoms with E-state index in [1.807, 2.05) is 0 Å². The summed E-state index contributed by atoms with van der Waals surface area (Å²) in [6, 6.07) is -1.29. The first-order valence-electron chi connectivity index (χ1n) is 14.3. The van der Waals surface area contributed by atoms with Crippen molar-refractivity contribution in [2.75, 3.05) is 18.5 Å². The molecule has 1 aliphatic rings. The van der Waals surface area contributed by atoms with Gasteiger partial charge in [-0.25, -0.2) is 15.0 Å². The topological polar surface area (TPSA) is 215 Å². The Morgan fingerprint density at radius 3 is 2.54 bits per heavy atom. The van der Waals surface area contributed by atoms with Crippen molar-refractivity contribution >= 4 is 28.8 Å². The molecule has 0 aromatic carbocycles. The van der Waals surface area contributed by atoms with Gasteiger partial charge in [0.1, 0.15) is 36.3 Å². The number of hydrogen-bond acceptors (Lipinski definition) is 11. The average Bonchev–Trinajstić information content (AvgIpc) is 3.46. The molecular weight excluding hydrogens is 534 g/mol. The Hall–Kier alpha value is -3.17. The summed E-state index contributed by atoms with van der Waals surface area (Å²) in [4.78, 5) is 39.7. The molecule has 14 nitrogen and oxygen atoms in total. The molecular formula is C27H43N7O7. The number of H-pyrrole nitrogens is 1. The molecule has 0 radical (unpaired) electrons. The van der Waals surface area contributed by atoms with Crippen molar-refractivity contribution in [2.24, 2.45) is 0 Å². The monoisotopic (exact) mass is 577 g/mol. The number of rotatable bonds is 17. The van der Waals surface area contributed by atoms with Crippen LogP contribution in [-0.2, 0) is 14.3 Å². The van der Waals surface area contributed by atoms with Gasteiger partial charge in [-0.3, -0.25) is 9.59 Å². The van der Waals surface area contributed by atoms with E-state index < -0.39 is 61.7 Å². The molecule has 1 saturated heterocycles. The number of nitrogens with one attached hydrogen (secondary N) is 4. The van der Waals surface area contributed by atoms with Crippen LogP contribution in [0.5, 0.6) is 0 Å². The number of ether oxygens (including phenoxy) is 1. The van der Waals surface area contributed by atoms with Gasteiger partial charge in [-0.05, 0) is 18.9 Å². The largest absolute Gasteiger partial charge is 0.394 e. The number of allylic oxidation sites excluding steroid dienone is 1. The summed E-state index contributed by atoms with van der Waals surface area (Å²) in [5, 5.41) is 49.3. The highest BCUT2D eigenvalue weighted by molar-refractivity contribution is 5.91. The van der Waals surface area contributed by atoms with Gasteiger partial charge < -0.3 is 46.1 Å². The summed E-state index contributed by atoms with van der Waals surface area (Å²) >= 11 is 0. The van der Waals surface area contributed by atoms with Gasteiger partial charge in [0.2, 0.25) is 11.8 Å². The smallest absolute Gasteiger partial charge is 0.244 e. The fourth-order valence-electron chi connectivity index (χ4n) is 4.70. The lowest BCUT2D eigenvalue weighted by Gasteiger charge is -2.44. The molecule has 3 heterocycles.